The Kier molecular flexibility index (Phi) is 43.7. The van der Waals surface area contributed by atoms with E-state index in [1.807, 2.05) is 0 Å². The van der Waals surface area contributed by atoms with Gasteiger partial charge in [-0.05, 0) is 57.8 Å². The van der Waals surface area contributed by atoms with E-state index in [-0.39, 0.29) is 18.5 Å². The van der Waals surface area contributed by atoms with Crippen molar-refractivity contribution in [2.45, 2.75) is 264 Å². The number of allylic oxidation sites excluding steroid dienone is 4. The van der Waals surface area contributed by atoms with Gasteiger partial charge in [0.25, 0.3) is 0 Å². The molecule has 0 rings (SSSR count). The smallest absolute Gasteiger partial charge is 0.305 e. The molecule has 0 saturated carbocycles. The van der Waals surface area contributed by atoms with E-state index in [0.29, 0.717) is 25.9 Å². The zero-order valence-corrected chi connectivity index (χ0v) is 36.7. The fourth-order valence-corrected chi connectivity index (χ4v) is 7.26. The highest BCUT2D eigenvalue weighted by atomic mass is 16.5. The Hall–Kier alpha value is -1.66. The number of unbranched alkanes of at least 4 members (excludes halogenated alkanes) is 29. The standard InChI is InChI=1S/C49H93NO5/c1-3-5-7-9-11-13-15-16-17-20-23-27-31-35-39-43-49(54)55-44-40-36-32-28-24-21-18-19-22-26-30-34-38-42-48(53)50-46(45-51)47(52)41-37-33-29-25-14-12-10-8-6-4-2/h11,13,16-17,46-47,51-52H,3-10,12,14-15,18-45H2,1-2H3,(H,50,53)/b13-11-,17-16-. The van der Waals surface area contributed by atoms with E-state index in [2.05, 4.69) is 43.5 Å². The van der Waals surface area contributed by atoms with Crippen LogP contribution < -0.4 is 5.32 Å². The molecular formula is C49H93NO5. The molecule has 55 heavy (non-hydrogen) atoms. The molecule has 0 aliphatic heterocycles. The maximum Gasteiger partial charge on any atom is 0.305 e. The van der Waals surface area contributed by atoms with Crippen LogP contribution in [0.4, 0.5) is 0 Å². The van der Waals surface area contributed by atoms with Gasteiger partial charge >= 0.3 is 5.97 Å². The zero-order chi connectivity index (χ0) is 40.1. The molecule has 324 valence electrons. The zero-order valence-electron chi connectivity index (χ0n) is 36.7. The lowest BCUT2D eigenvalue weighted by Crippen LogP contribution is -2.45. The van der Waals surface area contributed by atoms with Crippen molar-refractivity contribution in [1.29, 1.82) is 0 Å². The Morgan fingerprint density at radius 3 is 1.42 bits per heavy atom. The first-order chi connectivity index (χ1) is 27.0. The summed E-state index contributed by atoms with van der Waals surface area (Å²) in [4.78, 5) is 24.4. The van der Waals surface area contributed by atoms with Gasteiger partial charge in [0.1, 0.15) is 0 Å². The molecule has 6 nitrogen and oxygen atoms in total. The summed E-state index contributed by atoms with van der Waals surface area (Å²) < 4.78 is 5.45. The van der Waals surface area contributed by atoms with Crippen LogP contribution in [0.2, 0.25) is 0 Å². The van der Waals surface area contributed by atoms with Crippen molar-refractivity contribution < 1.29 is 24.5 Å². The van der Waals surface area contributed by atoms with Crippen LogP contribution in [0.1, 0.15) is 251 Å². The lowest BCUT2D eigenvalue weighted by Gasteiger charge is -2.22. The summed E-state index contributed by atoms with van der Waals surface area (Å²) >= 11 is 0. The molecule has 0 radical (unpaired) electrons. The number of carbonyl (C=O) groups is 2. The number of aliphatic hydroxyl groups excluding tert-OH is 2. The van der Waals surface area contributed by atoms with Gasteiger partial charge in [0.15, 0.2) is 0 Å². The van der Waals surface area contributed by atoms with E-state index in [4.69, 9.17) is 4.74 Å². The maximum absolute atomic E-state index is 12.4. The number of rotatable bonds is 44. The van der Waals surface area contributed by atoms with E-state index in [0.717, 1.165) is 57.8 Å². The number of amides is 1. The van der Waals surface area contributed by atoms with Gasteiger partial charge in [-0.3, -0.25) is 9.59 Å². The second-order valence-electron chi connectivity index (χ2n) is 16.4. The van der Waals surface area contributed by atoms with Crippen molar-refractivity contribution in [2.75, 3.05) is 13.2 Å². The first-order valence-electron chi connectivity index (χ1n) is 24.1. The summed E-state index contributed by atoms with van der Waals surface area (Å²) in [5, 5.41) is 23.1. The molecule has 1 amide bonds. The van der Waals surface area contributed by atoms with Gasteiger partial charge in [-0.1, -0.05) is 205 Å². The van der Waals surface area contributed by atoms with Crippen molar-refractivity contribution >= 4 is 11.9 Å². The predicted molar refractivity (Wildman–Crippen MR) is 236 cm³/mol. The first-order valence-corrected chi connectivity index (χ1v) is 24.1. The molecule has 0 aliphatic carbocycles. The van der Waals surface area contributed by atoms with Gasteiger partial charge in [0, 0.05) is 12.8 Å². The van der Waals surface area contributed by atoms with E-state index in [1.165, 1.54) is 161 Å². The summed E-state index contributed by atoms with van der Waals surface area (Å²) in [5.41, 5.74) is 0. The highest BCUT2D eigenvalue weighted by molar-refractivity contribution is 5.76. The molecular weight excluding hydrogens is 683 g/mol. The molecule has 0 saturated heterocycles. The van der Waals surface area contributed by atoms with Crippen LogP contribution in [0.5, 0.6) is 0 Å². The summed E-state index contributed by atoms with van der Waals surface area (Å²) in [6, 6.07) is -0.549. The molecule has 2 unspecified atom stereocenters. The molecule has 0 aromatic carbocycles. The fourth-order valence-electron chi connectivity index (χ4n) is 7.26. The number of carbonyl (C=O) groups excluding carboxylic acids is 2. The molecule has 0 fully saturated rings. The summed E-state index contributed by atoms with van der Waals surface area (Å²) in [6.45, 7) is 4.87. The van der Waals surface area contributed by atoms with Crippen LogP contribution in [-0.2, 0) is 14.3 Å². The molecule has 6 heteroatoms. The van der Waals surface area contributed by atoms with Crippen LogP contribution in [0.15, 0.2) is 24.3 Å². The van der Waals surface area contributed by atoms with Crippen molar-refractivity contribution in [1.82, 2.24) is 5.32 Å². The summed E-state index contributed by atoms with van der Waals surface area (Å²) in [6.07, 6.45) is 51.3. The SMILES string of the molecule is CCCCC/C=C\C/C=C\CCCCCCCC(=O)OCCCCCCCCCCCCCCCC(=O)NC(CO)C(O)CCCCCCCCCCCC. The molecule has 0 heterocycles. The van der Waals surface area contributed by atoms with Gasteiger partial charge in [-0.25, -0.2) is 0 Å². The molecule has 0 aromatic heterocycles. The van der Waals surface area contributed by atoms with Crippen LogP contribution in [0, 0.1) is 0 Å². The first kappa shape index (κ1) is 53.3. The number of esters is 1. The topological polar surface area (TPSA) is 95.9 Å². The number of hydrogen-bond donors (Lipinski definition) is 3. The number of hydrogen-bond acceptors (Lipinski definition) is 5. The van der Waals surface area contributed by atoms with Crippen molar-refractivity contribution in [3.05, 3.63) is 24.3 Å². The largest absolute Gasteiger partial charge is 0.466 e. The average molecular weight is 776 g/mol. The van der Waals surface area contributed by atoms with E-state index >= 15 is 0 Å². The second-order valence-corrected chi connectivity index (χ2v) is 16.4. The minimum absolute atomic E-state index is 0.0201. The third-order valence-electron chi connectivity index (χ3n) is 11.0. The average Bonchev–Trinajstić information content (AvgIpc) is 3.18. The number of ether oxygens (including phenoxy) is 1. The monoisotopic (exact) mass is 776 g/mol. The normalized spacial score (nSPS) is 12.9. The molecule has 0 aromatic rings. The van der Waals surface area contributed by atoms with Crippen LogP contribution >= 0.6 is 0 Å². The van der Waals surface area contributed by atoms with Gasteiger partial charge in [0.2, 0.25) is 5.91 Å². The third kappa shape index (κ3) is 41.8. The Bertz CT molecular complexity index is 858. The van der Waals surface area contributed by atoms with E-state index in [9.17, 15) is 19.8 Å². The molecule has 0 spiro atoms. The highest BCUT2D eigenvalue weighted by Gasteiger charge is 2.20. The predicted octanol–water partition coefficient (Wildman–Crippen LogP) is 14.0. The summed E-state index contributed by atoms with van der Waals surface area (Å²) in [5.74, 6) is -0.0710. The van der Waals surface area contributed by atoms with E-state index < -0.39 is 12.1 Å². The molecule has 3 N–H and O–H groups in total. The Balaban J connectivity index is 3.45. The van der Waals surface area contributed by atoms with Crippen LogP contribution in [-0.4, -0.2) is 47.4 Å². The van der Waals surface area contributed by atoms with E-state index in [1.54, 1.807) is 0 Å². The molecule has 0 aliphatic rings. The Morgan fingerprint density at radius 1 is 0.509 bits per heavy atom. The second kappa shape index (κ2) is 45.0. The van der Waals surface area contributed by atoms with Crippen molar-refractivity contribution in [3.8, 4) is 0 Å². The lowest BCUT2D eigenvalue weighted by molar-refractivity contribution is -0.143. The summed E-state index contributed by atoms with van der Waals surface area (Å²) in [7, 11) is 0. The van der Waals surface area contributed by atoms with Gasteiger partial charge in [0.05, 0.1) is 25.4 Å². The van der Waals surface area contributed by atoms with Gasteiger partial charge < -0.3 is 20.3 Å². The third-order valence-corrected chi connectivity index (χ3v) is 11.0. The lowest BCUT2D eigenvalue weighted by atomic mass is 10.0. The van der Waals surface area contributed by atoms with Crippen LogP contribution in [0.3, 0.4) is 0 Å². The minimum atomic E-state index is -0.671. The Morgan fingerprint density at radius 2 is 0.909 bits per heavy atom. The fraction of sp³-hybridized carbons (Fsp3) is 0.878. The quantitative estimate of drug-likeness (QED) is 0.0325. The van der Waals surface area contributed by atoms with Crippen LogP contribution in [0.25, 0.3) is 0 Å². The number of aliphatic hydroxyl groups is 2. The van der Waals surface area contributed by atoms with Gasteiger partial charge in [-0.2, -0.15) is 0 Å². The van der Waals surface area contributed by atoms with Crippen molar-refractivity contribution in [3.63, 3.8) is 0 Å². The maximum atomic E-state index is 12.4. The highest BCUT2D eigenvalue weighted by Crippen LogP contribution is 2.16. The Labute approximate surface area is 341 Å². The molecule has 0 bridgehead atoms. The number of nitrogens with one attached hydrogen (secondary N) is 1. The molecule has 2 atom stereocenters. The van der Waals surface area contributed by atoms with Crippen molar-refractivity contribution in [2.24, 2.45) is 0 Å². The van der Waals surface area contributed by atoms with Gasteiger partial charge in [-0.15, -0.1) is 0 Å². The minimum Gasteiger partial charge on any atom is -0.466 e.